The molecule has 1 rings (SSSR count). The second-order valence-corrected chi connectivity index (χ2v) is 7.70. The van der Waals surface area contributed by atoms with Crippen LogP contribution in [0.25, 0.3) is 0 Å². The van der Waals surface area contributed by atoms with Crippen LogP contribution in [0.3, 0.4) is 0 Å². The van der Waals surface area contributed by atoms with E-state index in [1.54, 1.807) is 24.3 Å². The molecule has 0 saturated carbocycles. The second-order valence-electron chi connectivity index (χ2n) is 5.68. The first kappa shape index (κ1) is 21.0. The summed E-state index contributed by atoms with van der Waals surface area (Å²) in [6.45, 7) is 8.42. The number of allylic oxidation sites excluding steroid dienone is 1. The van der Waals surface area contributed by atoms with Gasteiger partial charge in [-0.1, -0.05) is 6.08 Å². The summed E-state index contributed by atoms with van der Waals surface area (Å²) in [7, 11) is -1.17. The van der Waals surface area contributed by atoms with E-state index in [2.05, 4.69) is 21.8 Å². The highest BCUT2D eigenvalue weighted by Crippen LogP contribution is 2.15. The van der Waals surface area contributed by atoms with Gasteiger partial charge in [0.25, 0.3) is 0 Å². The maximum absolute atomic E-state index is 11.4. The number of rotatable bonds is 10. The van der Waals surface area contributed by atoms with Crippen LogP contribution in [0.2, 0.25) is 0 Å². The fraction of sp³-hybridized carbons (Fsp3) is 0.500. The third-order valence-corrected chi connectivity index (χ3v) is 4.60. The Bertz CT molecular complexity index is 655. The van der Waals surface area contributed by atoms with Gasteiger partial charge < -0.3 is 15.0 Å². The number of aliphatic imine (C=N–C) groups is 1. The number of hydrogen-bond acceptors (Lipinski definition) is 4. The fourth-order valence-corrected chi connectivity index (χ4v) is 2.78. The summed E-state index contributed by atoms with van der Waals surface area (Å²) in [6.07, 6.45) is 5.12. The molecule has 1 aromatic carbocycles. The van der Waals surface area contributed by atoms with Crippen LogP contribution in [0.5, 0.6) is 5.75 Å². The molecule has 0 aromatic heterocycles. The lowest BCUT2D eigenvalue weighted by atomic mass is 10.3. The minimum atomic E-state index is -3.18. The summed E-state index contributed by atoms with van der Waals surface area (Å²) in [5.74, 6) is 1.48. The Kier molecular flexibility index (Phi) is 9.05. The Morgan fingerprint density at radius 1 is 1.36 bits per heavy atom. The van der Waals surface area contributed by atoms with Crippen LogP contribution in [0, 0.1) is 0 Å². The zero-order valence-electron chi connectivity index (χ0n) is 15.4. The topological polar surface area (TPSA) is 71.0 Å². The van der Waals surface area contributed by atoms with E-state index in [-0.39, 0.29) is 4.90 Å². The molecule has 0 amide bonds. The second kappa shape index (κ2) is 10.8. The number of hydrogen-bond donors (Lipinski definition) is 1. The molecule has 140 valence electrons. The molecular formula is C18H29N3O3S. The molecule has 0 spiro atoms. The number of unbranched alkanes of at least 4 members (excludes halogenated alkanes) is 1. The number of nitrogens with one attached hydrogen (secondary N) is 1. The van der Waals surface area contributed by atoms with Crippen molar-refractivity contribution in [1.82, 2.24) is 10.2 Å². The molecule has 0 bridgehead atoms. The third-order valence-electron chi connectivity index (χ3n) is 3.47. The molecule has 1 aromatic rings. The van der Waals surface area contributed by atoms with Gasteiger partial charge in [0.05, 0.1) is 11.4 Å². The van der Waals surface area contributed by atoms with Crippen molar-refractivity contribution < 1.29 is 13.2 Å². The van der Waals surface area contributed by atoms with E-state index in [9.17, 15) is 8.42 Å². The van der Waals surface area contributed by atoms with Crippen molar-refractivity contribution in [3.05, 3.63) is 36.9 Å². The lowest BCUT2D eigenvalue weighted by Crippen LogP contribution is -2.39. The summed E-state index contributed by atoms with van der Waals surface area (Å²) < 4.78 is 28.5. The van der Waals surface area contributed by atoms with Crippen LogP contribution >= 0.6 is 0 Å². The molecule has 0 saturated heterocycles. The van der Waals surface area contributed by atoms with Gasteiger partial charge in [-0.3, -0.25) is 0 Å². The molecule has 0 aliphatic rings. The molecule has 0 atom stereocenters. The Morgan fingerprint density at radius 3 is 2.60 bits per heavy atom. The van der Waals surface area contributed by atoms with Gasteiger partial charge in [-0.2, -0.15) is 0 Å². The number of guanidine groups is 1. The average Bonchev–Trinajstić information content (AvgIpc) is 2.57. The lowest BCUT2D eigenvalue weighted by molar-refractivity contribution is 0.327. The zero-order valence-corrected chi connectivity index (χ0v) is 16.2. The van der Waals surface area contributed by atoms with Crippen molar-refractivity contribution in [1.29, 1.82) is 0 Å². The van der Waals surface area contributed by atoms with Crippen LogP contribution in [-0.2, 0) is 9.84 Å². The van der Waals surface area contributed by atoms with Crippen molar-refractivity contribution in [3.8, 4) is 5.75 Å². The number of nitrogens with zero attached hydrogens (tertiary/aromatic N) is 2. The highest BCUT2D eigenvalue weighted by Gasteiger charge is 2.07. The van der Waals surface area contributed by atoms with Crippen LogP contribution in [0.15, 0.2) is 46.8 Å². The molecule has 6 nitrogen and oxygen atoms in total. The third kappa shape index (κ3) is 8.07. The van der Waals surface area contributed by atoms with Crippen molar-refractivity contribution in [2.45, 2.75) is 24.7 Å². The minimum absolute atomic E-state index is 0.286. The quantitative estimate of drug-likeness (QED) is 0.297. The number of benzene rings is 1. The van der Waals surface area contributed by atoms with Crippen molar-refractivity contribution in [3.63, 3.8) is 0 Å². The van der Waals surface area contributed by atoms with Gasteiger partial charge in [0, 0.05) is 26.4 Å². The van der Waals surface area contributed by atoms with Crippen molar-refractivity contribution >= 4 is 15.8 Å². The molecule has 7 heteroatoms. The Hall–Kier alpha value is -2.02. The standard InChI is InChI=1S/C18H29N3O3S/c1-5-7-8-14-21(3)18(19-6-2)20-13-15-24-16-9-11-17(12-10-16)25(4,22)23/h5,9-12H,1,6-8,13-15H2,2-4H3,(H,19,20). The smallest absolute Gasteiger partial charge is 0.193 e. The predicted octanol–water partition coefficient (Wildman–Crippen LogP) is 2.33. The molecule has 0 heterocycles. The van der Waals surface area contributed by atoms with Gasteiger partial charge in [0.2, 0.25) is 0 Å². The summed E-state index contributed by atoms with van der Waals surface area (Å²) in [5.41, 5.74) is 0. The normalized spacial score (nSPS) is 11.9. The first-order chi connectivity index (χ1) is 11.9. The fourth-order valence-electron chi connectivity index (χ4n) is 2.15. The van der Waals surface area contributed by atoms with E-state index in [0.29, 0.717) is 18.9 Å². The molecule has 0 fully saturated rings. The maximum atomic E-state index is 11.4. The number of sulfone groups is 1. The zero-order chi connectivity index (χ0) is 18.7. The molecular weight excluding hydrogens is 338 g/mol. The van der Waals surface area contributed by atoms with Gasteiger partial charge >= 0.3 is 0 Å². The van der Waals surface area contributed by atoms with Gasteiger partial charge in [0.15, 0.2) is 15.8 Å². The maximum Gasteiger partial charge on any atom is 0.193 e. The monoisotopic (exact) mass is 367 g/mol. The van der Waals surface area contributed by atoms with E-state index in [1.165, 1.54) is 6.26 Å². The molecule has 25 heavy (non-hydrogen) atoms. The summed E-state index contributed by atoms with van der Waals surface area (Å²) >= 11 is 0. The van der Waals surface area contributed by atoms with Crippen molar-refractivity contribution in [2.75, 3.05) is 39.5 Å². The van der Waals surface area contributed by atoms with Crippen molar-refractivity contribution in [2.24, 2.45) is 4.99 Å². The summed E-state index contributed by atoms with van der Waals surface area (Å²) in [4.78, 5) is 6.93. The Labute approximate surface area is 151 Å². The van der Waals surface area contributed by atoms with E-state index < -0.39 is 9.84 Å². The highest BCUT2D eigenvalue weighted by atomic mass is 32.2. The van der Waals surface area contributed by atoms with Gasteiger partial charge in [-0.25, -0.2) is 13.4 Å². The molecule has 0 aliphatic carbocycles. The minimum Gasteiger partial charge on any atom is -0.492 e. The molecule has 1 N–H and O–H groups in total. The van der Waals surface area contributed by atoms with Gasteiger partial charge in [-0.05, 0) is 44.0 Å². The van der Waals surface area contributed by atoms with E-state index in [4.69, 9.17) is 4.74 Å². The number of ether oxygens (including phenoxy) is 1. The van der Waals surface area contributed by atoms with Crippen LogP contribution < -0.4 is 10.1 Å². The Balaban J connectivity index is 2.51. The van der Waals surface area contributed by atoms with E-state index in [1.807, 2.05) is 20.0 Å². The van der Waals surface area contributed by atoms with Gasteiger partial charge in [0.1, 0.15) is 12.4 Å². The summed E-state index contributed by atoms with van der Waals surface area (Å²) in [6, 6.07) is 6.41. The largest absolute Gasteiger partial charge is 0.492 e. The molecule has 0 radical (unpaired) electrons. The Morgan fingerprint density at radius 2 is 2.04 bits per heavy atom. The van der Waals surface area contributed by atoms with Crippen LogP contribution in [0.1, 0.15) is 19.8 Å². The SMILES string of the molecule is C=CCCCN(C)C(=NCCOc1ccc(S(C)(=O)=O)cc1)NCC. The van der Waals surface area contributed by atoms with Crippen LogP contribution in [-0.4, -0.2) is 58.8 Å². The average molecular weight is 368 g/mol. The summed E-state index contributed by atoms with van der Waals surface area (Å²) in [5, 5.41) is 3.26. The first-order valence-corrected chi connectivity index (χ1v) is 10.3. The lowest BCUT2D eigenvalue weighted by Gasteiger charge is -2.21. The highest BCUT2D eigenvalue weighted by molar-refractivity contribution is 7.90. The van der Waals surface area contributed by atoms with E-state index >= 15 is 0 Å². The molecule has 0 unspecified atom stereocenters. The molecule has 0 aliphatic heterocycles. The first-order valence-electron chi connectivity index (χ1n) is 8.41. The predicted molar refractivity (Wildman–Crippen MR) is 103 cm³/mol. The van der Waals surface area contributed by atoms with Gasteiger partial charge in [-0.15, -0.1) is 6.58 Å². The van der Waals surface area contributed by atoms with Crippen LogP contribution in [0.4, 0.5) is 0 Å². The van der Waals surface area contributed by atoms with E-state index in [0.717, 1.165) is 31.9 Å².